The molecule has 1 aliphatic rings. The average molecular weight is 445 g/mol. The number of halogens is 1. The van der Waals surface area contributed by atoms with Crippen LogP contribution in [-0.2, 0) is 4.79 Å². The van der Waals surface area contributed by atoms with Crippen LogP contribution in [0.1, 0.15) is 10.4 Å². The first-order valence-electron chi connectivity index (χ1n) is 9.67. The van der Waals surface area contributed by atoms with Crippen molar-refractivity contribution in [2.45, 2.75) is 0 Å². The predicted molar refractivity (Wildman–Crippen MR) is 128 cm³/mol. The Labute approximate surface area is 188 Å². The van der Waals surface area contributed by atoms with Crippen LogP contribution >= 0.6 is 22.9 Å². The number of ether oxygens (including phenoxy) is 1. The molecule has 2 heterocycles. The van der Waals surface area contributed by atoms with Crippen LogP contribution in [-0.4, -0.2) is 18.9 Å². The lowest BCUT2D eigenvalue weighted by atomic mass is 10.1. The summed E-state index contributed by atoms with van der Waals surface area (Å²) in [5, 5.41) is 1.56. The molecule has 0 spiro atoms. The lowest BCUT2D eigenvalue weighted by molar-refractivity contribution is -0.113. The van der Waals surface area contributed by atoms with Crippen LogP contribution in [0.4, 0.5) is 5.69 Å². The first-order valence-corrected chi connectivity index (χ1v) is 10.9. The highest BCUT2D eigenvalue weighted by atomic mass is 35.5. The van der Waals surface area contributed by atoms with Gasteiger partial charge in [0.15, 0.2) is 5.84 Å². The summed E-state index contributed by atoms with van der Waals surface area (Å²) >= 11 is 8.27. The van der Waals surface area contributed by atoms with E-state index in [1.54, 1.807) is 18.1 Å². The van der Waals surface area contributed by atoms with E-state index in [0.717, 1.165) is 32.0 Å². The molecule has 0 aliphatic carbocycles. The zero-order valence-electron chi connectivity index (χ0n) is 16.6. The van der Waals surface area contributed by atoms with Gasteiger partial charge < -0.3 is 4.74 Å². The van der Waals surface area contributed by atoms with E-state index in [-0.39, 0.29) is 5.91 Å². The van der Waals surface area contributed by atoms with Crippen LogP contribution in [0.25, 0.3) is 16.2 Å². The van der Waals surface area contributed by atoms with E-state index in [0.29, 0.717) is 16.6 Å². The third kappa shape index (κ3) is 3.52. The predicted octanol–water partition coefficient (Wildman–Crippen LogP) is 6.40. The molecule has 0 bridgehead atoms. The van der Waals surface area contributed by atoms with Gasteiger partial charge in [-0.25, -0.2) is 4.99 Å². The number of amidine groups is 1. The van der Waals surface area contributed by atoms with Gasteiger partial charge in [-0.3, -0.25) is 9.69 Å². The number of aliphatic imine (C=N–C) groups is 1. The summed E-state index contributed by atoms with van der Waals surface area (Å²) in [5.74, 6) is 1.06. The van der Waals surface area contributed by atoms with Crippen molar-refractivity contribution in [3.8, 4) is 5.75 Å². The monoisotopic (exact) mass is 444 g/mol. The van der Waals surface area contributed by atoms with Crippen LogP contribution < -0.4 is 9.64 Å². The Balaban J connectivity index is 1.68. The molecule has 1 aliphatic heterocycles. The summed E-state index contributed by atoms with van der Waals surface area (Å²) in [6.07, 6.45) is 1.77. The smallest absolute Gasteiger partial charge is 0.282 e. The van der Waals surface area contributed by atoms with Gasteiger partial charge in [-0.1, -0.05) is 60.1 Å². The maximum atomic E-state index is 13.4. The number of hydrogen-bond acceptors (Lipinski definition) is 4. The second kappa shape index (κ2) is 8.02. The van der Waals surface area contributed by atoms with E-state index in [1.165, 1.54) is 11.3 Å². The molecule has 1 amide bonds. The maximum absolute atomic E-state index is 13.4. The van der Waals surface area contributed by atoms with Crippen molar-refractivity contribution in [2.75, 3.05) is 12.0 Å². The largest absolute Gasteiger partial charge is 0.497 e. The molecule has 0 fully saturated rings. The normalized spacial score (nSPS) is 15.0. The molecule has 1 aromatic heterocycles. The number of hydrogen-bond donors (Lipinski definition) is 0. The number of carbonyl (C=O) groups excluding carboxylic acids is 1. The minimum Gasteiger partial charge on any atom is -0.497 e. The van der Waals surface area contributed by atoms with E-state index in [1.807, 2.05) is 78.9 Å². The van der Waals surface area contributed by atoms with Gasteiger partial charge in [-0.05, 0) is 42.0 Å². The number of fused-ring (bicyclic) bond motifs is 1. The Kier molecular flexibility index (Phi) is 5.06. The molecule has 6 heteroatoms. The van der Waals surface area contributed by atoms with E-state index in [2.05, 4.69) is 0 Å². The van der Waals surface area contributed by atoms with Gasteiger partial charge in [0.2, 0.25) is 0 Å². The molecule has 0 unspecified atom stereocenters. The van der Waals surface area contributed by atoms with Gasteiger partial charge in [0.1, 0.15) is 11.4 Å². The minimum absolute atomic E-state index is 0.197. The number of rotatable bonds is 4. The molecule has 0 saturated carbocycles. The minimum atomic E-state index is -0.197. The highest BCUT2D eigenvalue weighted by Gasteiger charge is 2.34. The number of amides is 1. The molecule has 4 nitrogen and oxygen atoms in total. The number of nitrogens with zero attached hydrogens (tertiary/aromatic N) is 2. The third-order valence-electron chi connectivity index (χ3n) is 5.01. The Hall–Kier alpha value is -3.41. The zero-order chi connectivity index (χ0) is 21.4. The van der Waals surface area contributed by atoms with Crippen LogP contribution in [0.3, 0.4) is 0 Å². The molecular weight excluding hydrogens is 428 g/mol. The molecule has 152 valence electrons. The summed E-state index contributed by atoms with van der Waals surface area (Å²) in [5.41, 5.74) is 1.93. The van der Waals surface area contributed by atoms with Gasteiger partial charge in [0, 0.05) is 10.1 Å². The summed E-state index contributed by atoms with van der Waals surface area (Å²) in [7, 11) is 1.61. The maximum Gasteiger partial charge on any atom is 0.282 e. The summed E-state index contributed by atoms with van der Waals surface area (Å²) in [6.45, 7) is 0. The van der Waals surface area contributed by atoms with Crippen molar-refractivity contribution in [1.82, 2.24) is 0 Å². The summed E-state index contributed by atoms with van der Waals surface area (Å²) in [4.78, 5) is 20.6. The highest BCUT2D eigenvalue weighted by Crippen LogP contribution is 2.39. The van der Waals surface area contributed by atoms with Crippen LogP contribution in [0.15, 0.2) is 89.6 Å². The number of anilines is 1. The van der Waals surface area contributed by atoms with E-state index in [4.69, 9.17) is 21.3 Å². The van der Waals surface area contributed by atoms with Crippen molar-refractivity contribution in [1.29, 1.82) is 0 Å². The second-order valence-electron chi connectivity index (χ2n) is 6.96. The lowest BCUT2D eigenvalue weighted by Crippen LogP contribution is -2.32. The van der Waals surface area contributed by atoms with Gasteiger partial charge >= 0.3 is 0 Å². The van der Waals surface area contributed by atoms with Crippen LogP contribution in [0, 0.1) is 0 Å². The van der Waals surface area contributed by atoms with Crippen LogP contribution in [0.5, 0.6) is 5.75 Å². The molecule has 31 heavy (non-hydrogen) atoms. The van der Waals surface area contributed by atoms with Crippen molar-refractivity contribution in [2.24, 2.45) is 4.99 Å². The van der Waals surface area contributed by atoms with Crippen molar-refractivity contribution < 1.29 is 9.53 Å². The Morgan fingerprint density at radius 2 is 1.77 bits per heavy atom. The van der Waals surface area contributed by atoms with E-state index in [9.17, 15) is 4.79 Å². The number of benzene rings is 3. The Bertz CT molecular complexity index is 1360. The average Bonchev–Trinajstić information content (AvgIpc) is 3.31. The molecular formula is C25H17ClN2O2S. The second-order valence-corrected chi connectivity index (χ2v) is 8.39. The standard InChI is InChI=1S/C25H17ClN2O2S/c1-30-18-11-7-8-16(14-18)15-20-25(29)28(17-9-3-2-4-10-17)24(27-20)23-22(26)19-12-5-6-13-21(19)31-23/h2-15H,1H3/b20-15+. The van der Waals surface area contributed by atoms with Gasteiger partial charge in [-0.2, -0.15) is 0 Å². The fourth-order valence-electron chi connectivity index (χ4n) is 3.53. The third-order valence-corrected chi connectivity index (χ3v) is 6.68. The van der Waals surface area contributed by atoms with Crippen molar-refractivity contribution in [3.63, 3.8) is 0 Å². The molecule has 0 radical (unpaired) electrons. The molecule has 3 aromatic carbocycles. The number of para-hydroxylation sites is 1. The first-order chi connectivity index (χ1) is 15.2. The molecule has 0 atom stereocenters. The fourth-order valence-corrected chi connectivity index (χ4v) is 5.03. The van der Waals surface area contributed by atoms with Gasteiger partial charge in [-0.15, -0.1) is 11.3 Å². The van der Waals surface area contributed by atoms with E-state index < -0.39 is 0 Å². The fraction of sp³-hybridized carbons (Fsp3) is 0.0400. The van der Waals surface area contributed by atoms with Crippen molar-refractivity contribution in [3.05, 3.63) is 100 Å². The van der Waals surface area contributed by atoms with Crippen molar-refractivity contribution >= 4 is 56.5 Å². The SMILES string of the molecule is COc1cccc(/C=C2/N=C(c3sc4ccccc4c3Cl)N(c3ccccc3)C2=O)c1. The molecule has 4 aromatic rings. The Morgan fingerprint density at radius 3 is 2.55 bits per heavy atom. The topological polar surface area (TPSA) is 41.9 Å². The quantitative estimate of drug-likeness (QED) is 0.342. The first kappa shape index (κ1) is 19.5. The van der Waals surface area contributed by atoms with Gasteiger partial charge in [0.25, 0.3) is 5.91 Å². The molecule has 0 saturated heterocycles. The summed E-state index contributed by atoms with van der Waals surface area (Å²) in [6, 6.07) is 25.0. The van der Waals surface area contributed by atoms with Crippen LogP contribution in [0.2, 0.25) is 5.02 Å². The number of carbonyl (C=O) groups is 1. The van der Waals surface area contributed by atoms with E-state index >= 15 is 0 Å². The highest BCUT2D eigenvalue weighted by molar-refractivity contribution is 7.21. The molecule has 0 N–H and O–H groups in total. The van der Waals surface area contributed by atoms with Gasteiger partial charge in [0.05, 0.1) is 22.7 Å². The number of thiophene rings is 1. The zero-order valence-corrected chi connectivity index (χ0v) is 18.2. The lowest BCUT2D eigenvalue weighted by Gasteiger charge is -2.17. The Morgan fingerprint density at radius 1 is 1.00 bits per heavy atom. The summed E-state index contributed by atoms with van der Waals surface area (Å²) < 4.78 is 6.35. The molecule has 5 rings (SSSR count). The number of methoxy groups -OCH3 is 1.